The van der Waals surface area contributed by atoms with E-state index in [9.17, 15) is 4.79 Å². The fraction of sp³-hybridized carbons (Fsp3) is 0.400. The number of carbonyl (C=O) groups excluding carboxylic acids is 1. The highest BCUT2D eigenvalue weighted by Gasteiger charge is 2.17. The molecule has 0 radical (unpaired) electrons. The lowest BCUT2D eigenvalue weighted by Gasteiger charge is -1.92. The molecule has 0 aromatic carbocycles. The maximum absolute atomic E-state index is 10.7. The van der Waals surface area contributed by atoms with Crippen LogP contribution in [0, 0.1) is 5.92 Å². The SMILES string of the molecule is CON=CC1C=NNC1=O. The minimum Gasteiger partial charge on any atom is -0.399 e. The number of hydrazone groups is 1. The molecule has 0 spiro atoms. The van der Waals surface area contributed by atoms with Crippen LogP contribution in [0.15, 0.2) is 10.3 Å². The number of rotatable bonds is 2. The second-order valence-corrected chi connectivity index (χ2v) is 1.72. The third kappa shape index (κ3) is 1.31. The van der Waals surface area contributed by atoms with Gasteiger partial charge in [0.1, 0.15) is 13.0 Å². The van der Waals surface area contributed by atoms with E-state index in [1.165, 1.54) is 19.5 Å². The standard InChI is InChI=1S/C5H7N3O2/c1-10-7-3-4-2-6-8-5(4)9/h2-4H,1H3,(H,8,9). The summed E-state index contributed by atoms with van der Waals surface area (Å²) in [5.41, 5.74) is 2.26. The second kappa shape index (κ2) is 2.95. The summed E-state index contributed by atoms with van der Waals surface area (Å²) in [6.07, 6.45) is 2.84. The van der Waals surface area contributed by atoms with E-state index in [1.807, 2.05) is 0 Å². The summed E-state index contributed by atoms with van der Waals surface area (Å²) in [6.45, 7) is 0. The van der Waals surface area contributed by atoms with Crippen molar-refractivity contribution in [2.24, 2.45) is 16.2 Å². The first-order valence-corrected chi connectivity index (χ1v) is 2.74. The smallest absolute Gasteiger partial charge is 0.254 e. The summed E-state index contributed by atoms with van der Waals surface area (Å²) >= 11 is 0. The van der Waals surface area contributed by atoms with Gasteiger partial charge < -0.3 is 4.84 Å². The zero-order valence-corrected chi connectivity index (χ0v) is 5.44. The van der Waals surface area contributed by atoms with Crippen molar-refractivity contribution in [2.75, 3.05) is 7.11 Å². The van der Waals surface area contributed by atoms with Gasteiger partial charge >= 0.3 is 0 Å². The highest BCUT2D eigenvalue weighted by molar-refractivity contribution is 6.10. The van der Waals surface area contributed by atoms with Crippen molar-refractivity contribution < 1.29 is 9.63 Å². The van der Waals surface area contributed by atoms with Crippen LogP contribution in [0.4, 0.5) is 0 Å². The summed E-state index contributed by atoms with van der Waals surface area (Å²) < 4.78 is 0. The predicted octanol–water partition coefficient (Wildman–Crippen LogP) is -0.650. The summed E-state index contributed by atoms with van der Waals surface area (Å²) in [4.78, 5) is 15.1. The molecule has 1 unspecified atom stereocenters. The Bertz CT molecular complexity index is 187. The molecule has 1 amide bonds. The molecule has 1 aliphatic heterocycles. The topological polar surface area (TPSA) is 63.1 Å². The Morgan fingerprint density at radius 1 is 2.00 bits per heavy atom. The van der Waals surface area contributed by atoms with E-state index in [0.717, 1.165) is 0 Å². The number of hydrogen-bond donors (Lipinski definition) is 1. The van der Waals surface area contributed by atoms with Crippen molar-refractivity contribution in [3.05, 3.63) is 0 Å². The zero-order chi connectivity index (χ0) is 7.40. The van der Waals surface area contributed by atoms with Crippen LogP contribution in [0.1, 0.15) is 0 Å². The molecule has 0 aromatic rings. The maximum atomic E-state index is 10.7. The van der Waals surface area contributed by atoms with E-state index < -0.39 is 0 Å². The highest BCUT2D eigenvalue weighted by Crippen LogP contribution is 1.94. The van der Waals surface area contributed by atoms with E-state index in [-0.39, 0.29) is 11.8 Å². The molecule has 0 saturated heterocycles. The molecule has 1 rings (SSSR count). The molecule has 0 aliphatic carbocycles. The Morgan fingerprint density at radius 3 is 3.30 bits per heavy atom. The van der Waals surface area contributed by atoms with E-state index in [0.29, 0.717) is 0 Å². The molecule has 0 aromatic heterocycles. The van der Waals surface area contributed by atoms with Gasteiger partial charge in [-0.1, -0.05) is 5.16 Å². The van der Waals surface area contributed by atoms with Crippen LogP contribution in [-0.4, -0.2) is 25.4 Å². The molecule has 54 valence electrons. The van der Waals surface area contributed by atoms with Gasteiger partial charge in [0.05, 0.1) is 6.21 Å². The Labute approximate surface area is 57.7 Å². The van der Waals surface area contributed by atoms with Crippen molar-refractivity contribution in [3.63, 3.8) is 0 Å². The van der Waals surface area contributed by atoms with E-state index in [4.69, 9.17) is 0 Å². The average molecular weight is 141 g/mol. The van der Waals surface area contributed by atoms with Crippen LogP contribution in [0.3, 0.4) is 0 Å². The minimum absolute atomic E-state index is 0.180. The van der Waals surface area contributed by atoms with Gasteiger partial charge in [-0.25, -0.2) is 5.43 Å². The fourth-order valence-corrected chi connectivity index (χ4v) is 0.556. The van der Waals surface area contributed by atoms with E-state index in [2.05, 4.69) is 20.5 Å². The van der Waals surface area contributed by atoms with Crippen LogP contribution < -0.4 is 5.43 Å². The Morgan fingerprint density at radius 2 is 2.80 bits per heavy atom. The van der Waals surface area contributed by atoms with Gasteiger partial charge in [-0.2, -0.15) is 5.10 Å². The molecule has 1 N–H and O–H groups in total. The lowest BCUT2D eigenvalue weighted by molar-refractivity contribution is -0.120. The van der Waals surface area contributed by atoms with Crippen LogP contribution in [0.5, 0.6) is 0 Å². The molecule has 5 heteroatoms. The van der Waals surface area contributed by atoms with Crippen molar-refractivity contribution in [1.29, 1.82) is 0 Å². The molecular formula is C5H7N3O2. The number of nitrogens with zero attached hydrogens (tertiary/aromatic N) is 2. The van der Waals surface area contributed by atoms with Crippen molar-refractivity contribution in [1.82, 2.24) is 5.43 Å². The molecule has 1 aliphatic rings. The Balaban J connectivity index is 2.48. The maximum Gasteiger partial charge on any atom is 0.254 e. The fourth-order valence-electron chi connectivity index (χ4n) is 0.556. The third-order valence-corrected chi connectivity index (χ3v) is 1.04. The number of hydrogen-bond acceptors (Lipinski definition) is 4. The molecule has 0 bridgehead atoms. The van der Waals surface area contributed by atoms with Gasteiger partial charge in [0.25, 0.3) is 5.91 Å². The number of carbonyl (C=O) groups is 1. The number of oxime groups is 1. The van der Waals surface area contributed by atoms with E-state index >= 15 is 0 Å². The zero-order valence-electron chi connectivity index (χ0n) is 5.44. The Kier molecular flexibility index (Phi) is 1.99. The summed E-state index contributed by atoms with van der Waals surface area (Å²) in [6, 6.07) is 0. The summed E-state index contributed by atoms with van der Waals surface area (Å²) in [5.74, 6) is -0.555. The largest absolute Gasteiger partial charge is 0.399 e. The molecular weight excluding hydrogens is 134 g/mol. The molecule has 1 heterocycles. The van der Waals surface area contributed by atoms with Crippen molar-refractivity contribution in [3.8, 4) is 0 Å². The van der Waals surface area contributed by atoms with Gasteiger partial charge in [0, 0.05) is 6.21 Å². The quantitative estimate of drug-likeness (QED) is 0.410. The lowest BCUT2D eigenvalue weighted by atomic mass is 10.2. The monoisotopic (exact) mass is 141 g/mol. The molecule has 0 saturated carbocycles. The van der Waals surface area contributed by atoms with Gasteiger partial charge in [-0.15, -0.1) is 0 Å². The minimum atomic E-state index is -0.375. The van der Waals surface area contributed by atoms with Gasteiger partial charge in [0.15, 0.2) is 0 Å². The molecule has 10 heavy (non-hydrogen) atoms. The molecule has 0 fully saturated rings. The highest BCUT2D eigenvalue weighted by atomic mass is 16.6. The normalized spacial score (nSPS) is 23.7. The predicted molar refractivity (Wildman–Crippen MR) is 35.6 cm³/mol. The first-order chi connectivity index (χ1) is 4.84. The summed E-state index contributed by atoms with van der Waals surface area (Å²) in [5, 5.41) is 6.95. The van der Waals surface area contributed by atoms with E-state index in [1.54, 1.807) is 0 Å². The van der Waals surface area contributed by atoms with Gasteiger partial charge in [-0.3, -0.25) is 4.79 Å². The third-order valence-electron chi connectivity index (χ3n) is 1.04. The summed E-state index contributed by atoms with van der Waals surface area (Å²) in [7, 11) is 1.42. The second-order valence-electron chi connectivity index (χ2n) is 1.72. The van der Waals surface area contributed by atoms with Crippen LogP contribution in [-0.2, 0) is 9.63 Å². The first kappa shape index (κ1) is 6.73. The van der Waals surface area contributed by atoms with Crippen LogP contribution in [0.25, 0.3) is 0 Å². The van der Waals surface area contributed by atoms with Gasteiger partial charge in [0.2, 0.25) is 0 Å². The van der Waals surface area contributed by atoms with Crippen LogP contribution in [0.2, 0.25) is 0 Å². The number of nitrogens with one attached hydrogen (secondary N) is 1. The number of amides is 1. The molecule has 1 atom stereocenters. The first-order valence-electron chi connectivity index (χ1n) is 2.74. The molecule has 5 nitrogen and oxygen atoms in total. The van der Waals surface area contributed by atoms with Crippen molar-refractivity contribution in [2.45, 2.75) is 0 Å². The van der Waals surface area contributed by atoms with Crippen LogP contribution >= 0.6 is 0 Å². The Hall–Kier alpha value is -1.39. The van der Waals surface area contributed by atoms with Gasteiger partial charge in [-0.05, 0) is 0 Å². The lowest BCUT2D eigenvalue weighted by Crippen LogP contribution is -2.20. The van der Waals surface area contributed by atoms with Crippen molar-refractivity contribution >= 4 is 18.3 Å². The average Bonchev–Trinajstić information content (AvgIpc) is 2.31.